The van der Waals surface area contributed by atoms with Crippen molar-refractivity contribution in [3.05, 3.63) is 82.9 Å². The highest BCUT2D eigenvalue weighted by Gasteiger charge is 2.27. The second-order valence-electron chi connectivity index (χ2n) is 11.6. The molecular weight excluding hydrogens is 416 g/mol. The molecule has 0 atom stereocenters. The van der Waals surface area contributed by atoms with E-state index in [2.05, 4.69) is 97.0 Å². The Labute approximate surface area is 203 Å². The van der Waals surface area contributed by atoms with Crippen molar-refractivity contribution in [2.24, 2.45) is 0 Å². The first-order chi connectivity index (χ1) is 15.8. The van der Waals surface area contributed by atoms with Gasteiger partial charge in [0.1, 0.15) is 11.5 Å². The number of phenols is 2. The lowest BCUT2D eigenvalue weighted by Crippen LogP contribution is -2.17. The summed E-state index contributed by atoms with van der Waals surface area (Å²) in [5.74, 6) is 0.692. The summed E-state index contributed by atoms with van der Waals surface area (Å²) < 4.78 is 0. The second kappa shape index (κ2) is 8.20. The van der Waals surface area contributed by atoms with Crippen LogP contribution in [0.4, 0.5) is 0 Å². The van der Waals surface area contributed by atoms with Crippen LogP contribution in [0.2, 0.25) is 0 Å². The van der Waals surface area contributed by atoms with Gasteiger partial charge in [0.2, 0.25) is 0 Å². The van der Waals surface area contributed by atoms with E-state index in [9.17, 15) is 10.2 Å². The molecule has 4 rings (SSSR count). The molecule has 4 aromatic carbocycles. The van der Waals surface area contributed by atoms with Gasteiger partial charge in [-0.25, -0.2) is 0 Å². The number of hydrogen-bond donors (Lipinski definition) is 2. The van der Waals surface area contributed by atoms with Gasteiger partial charge < -0.3 is 10.2 Å². The molecule has 2 heteroatoms. The summed E-state index contributed by atoms with van der Waals surface area (Å²) in [7, 11) is 0. The van der Waals surface area contributed by atoms with Crippen molar-refractivity contribution in [2.75, 3.05) is 0 Å². The fourth-order valence-corrected chi connectivity index (χ4v) is 4.79. The van der Waals surface area contributed by atoms with Crippen molar-refractivity contribution >= 4 is 10.8 Å². The maximum Gasteiger partial charge on any atom is 0.126 e. The molecule has 0 spiro atoms. The van der Waals surface area contributed by atoms with Crippen LogP contribution in [0.3, 0.4) is 0 Å². The van der Waals surface area contributed by atoms with E-state index < -0.39 is 0 Å². The highest BCUT2D eigenvalue weighted by molar-refractivity contribution is 5.97. The minimum absolute atomic E-state index is 0.217. The molecule has 0 aliphatic heterocycles. The summed E-state index contributed by atoms with van der Waals surface area (Å²) in [6.07, 6.45) is 0. The standard InChI is InChI=1S/C32H36O2/c1-19-13-14-24(26-16-21-11-9-10-12-23(21)20(2)29(26)33)25(15-19)22-17-27(31(3,4)5)30(34)28(18-22)32(6,7)8/h9-18,33-34H,1-8H3. The van der Waals surface area contributed by atoms with Crippen molar-refractivity contribution in [2.45, 2.75) is 66.2 Å². The number of phenolic OH excluding ortho intramolecular Hbond substituents is 2. The van der Waals surface area contributed by atoms with Crippen LogP contribution in [0.25, 0.3) is 33.0 Å². The van der Waals surface area contributed by atoms with Crippen LogP contribution in [0.15, 0.2) is 60.7 Å². The van der Waals surface area contributed by atoms with E-state index in [1.54, 1.807) is 0 Å². The Morgan fingerprint density at radius 3 is 1.76 bits per heavy atom. The quantitative estimate of drug-likeness (QED) is 0.319. The molecule has 0 radical (unpaired) electrons. The Kier molecular flexibility index (Phi) is 5.76. The van der Waals surface area contributed by atoms with E-state index in [0.29, 0.717) is 11.5 Å². The monoisotopic (exact) mass is 452 g/mol. The lowest BCUT2D eigenvalue weighted by Gasteiger charge is -2.29. The van der Waals surface area contributed by atoms with Gasteiger partial charge in [-0.15, -0.1) is 0 Å². The summed E-state index contributed by atoms with van der Waals surface area (Å²) in [5.41, 5.74) is 7.39. The number of benzene rings is 4. The minimum atomic E-state index is -0.217. The van der Waals surface area contributed by atoms with Crippen LogP contribution in [0.5, 0.6) is 11.5 Å². The number of aromatic hydroxyl groups is 2. The number of aryl methyl sites for hydroxylation is 2. The summed E-state index contributed by atoms with van der Waals surface area (Å²) in [5, 5.41) is 24.7. The van der Waals surface area contributed by atoms with Gasteiger partial charge in [0.15, 0.2) is 0 Å². The molecule has 0 fully saturated rings. The number of rotatable bonds is 2. The van der Waals surface area contributed by atoms with Crippen molar-refractivity contribution in [3.8, 4) is 33.8 Å². The fourth-order valence-electron chi connectivity index (χ4n) is 4.79. The van der Waals surface area contributed by atoms with Crippen LogP contribution < -0.4 is 0 Å². The van der Waals surface area contributed by atoms with Gasteiger partial charge in [-0.05, 0) is 75.9 Å². The third kappa shape index (κ3) is 4.18. The number of hydrogen-bond acceptors (Lipinski definition) is 2. The largest absolute Gasteiger partial charge is 0.507 e. The van der Waals surface area contributed by atoms with Gasteiger partial charge >= 0.3 is 0 Å². The third-order valence-electron chi connectivity index (χ3n) is 6.78. The van der Waals surface area contributed by atoms with E-state index in [4.69, 9.17) is 0 Å². The van der Waals surface area contributed by atoms with Crippen LogP contribution in [-0.2, 0) is 10.8 Å². The highest BCUT2D eigenvalue weighted by Crippen LogP contribution is 2.46. The summed E-state index contributed by atoms with van der Waals surface area (Å²) in [4.78, 5) is 0. The molecule has 0 amide bonds. The Morgan fingerprint density at radius 1 is 0.588 bits per heavy atom. The molecule has 176 valence electrons. The van der Waals surface area contributed by atoms with Gasteiger partial charge in [-0.2, -0.15) is 0 Å². The topological polar surface area (TPSA) is 40.5 Å². The van der Waals surface area contributed by atoms with E-state index in [0.717, 1.165) is 55.3 Å². The maximum atomic E-state index is 11.3. The van der Waals surface area contributed by atoms with Crippen molar-refractivity contribution in [1.82, 2.24) is 0 Å². The van der Waals surface area contributed by atoms with E-state index in [1.807, 2.05) is 19.1 Å². The zero-order valence-electron chi connectivity index (χ0n) is 21.7. The molecule has 0 aromatic heterocycles. The van der Waals surface area contributed by atoms with Crippen LogP contribution in [-0.4, -0.2) is 10.2 Å². The second-order valence-corrected chi connectivity index (χ2v) is 11.6. The van der Waals surface area contributed by atoms with Crippen LogP contribution in [0, 0.1) is 13.8 Å². The summed E-state index contributed by atoms with van der Waals surface area (Å²) in [6, 6.07) is 20.9. The molecule has 0 saturated heterocycles. The van der Waals surface area contributed by atoms with E-state index >= 15 is 0 Å². The van der Waals surface area contributed by atoms with Gasteiger partial charge in [-0.3, -0.25) is 0 Å². The lowest BCUT2D eigenvalue weighted by molar-refractivity contribution is 0.423. The summed E-state index contributed by atoms with van der Waals surface area (Å²) >= 11 is 0. The zero-order valence-corrected chi connectivity index (χ0v) is 21.7. The fraction of sp³-hybridized carbons (Fsp3) is 0.312. The molecular formula is C32H36O2. The summed E-state index contributed by atoms with van der Waals surface area (Å²) in [6.45, 7) is 16.9. The molecule has 0 bridgehead atoms. The van der Waals surface area contributed by atoms with Crippen LogP contribution >= 0.6 is 0 Å². The average molecular weight is 453 g/mol. The molecule has 0 saturated carbocycles. The third-order valence-corrected chi connectivity index (χ3v) is 6.78. The average Bonchev–Trinajstić information content (AvgIpc) is 2.75. The maximum absolute atomic E-state index is 11.3. The first-order valence-electron chi connectivity index (χ1n) is 12.0. The SMILES string of the molecule is Cc1ccc(-c2cc3ccccc3c(C)c2O)c(-c2cc(C(C)(C)C)c(O)c(C(C)(C)C)c2)c1. The first-order valence-corrected chi connectivity index (χ1v) is 12.0. The molecule has 2 nitrogen and oxygen atoms in total. The molecule has 4 aromatic rings. The predicted molar refractivity (Wildman–Crippen MR) is 145 cm³/mol. The lowest BCUT2D eigenvalue weighted by atomic mass is 9.77. The molecule has 2 N–H and O–H groups in total. The Hall–Kier alpha value is -3.26. The first kappa shape index (κ1) is 23.9. The Bertz CT molecular complexity index is 1360. The van der Waals surface area contributed by atoms with E-state index in [1.165, 1.54) is 0 Å². The minimum Gasteiger partial charge on any atom is -0.507 e. The highest BCUT2D eigenvalue weighted by atomic mass is 16.3. The van der Waals surface area contributed by atoms with Crippen LogP contribution in [0.1, 0.15) is 63.8 Å². The van der Waals surface area contributed by atoms with Gasteiger partial charge in [0.25, 0.3) is 0 Å². The van der Waals surface area contributed by atoms with Crippen molar-refractivity contribution in [3.63, 3.8) is 0 Å². The molecule has 0 unspecified atom stereocenters. The smallest absolute Gasteiger partial charge is 0.126 e. The predicted octanol–water partition coefficient (Wildman–Crippen LogP) is 8.80. The zero-order chi connectivity index (χ0) is 25.0. The molecule has 34 heavy (non-hydrogen) atoms. The Balaban J connectivity index is 2.07. The van der Waals surface area contributed by atoms with Gasteiger partial charge in [0.05, 0.1) is 0 Å². The van der Waals surface area contributed by atoms with Crippen molar-refractivity contribution < 1.29 is 10.2 Å². The normalized spacial score (nSPS) is 12.4. The number of fused-ring (bicyclic) bond motifs is 1. The molecule has 0 heterocycles. The van der Waals surface area contributed by atoms with Gasteiger partial charge in [-0.1, -0.05) is 89.6 Å². The van der Waals surface area contributed by atoms with Gasteiger partial charge in [0, 0.05) is 16.7 Å². The van der Waals surface area contributed by atoms with Crippen molar-refractivity contribution in [1.29, 1.82) is 0 Å². The molecule has 0 aliphatic rings. The Morgan fingerprint density at radius 2 is 1.18 bits per heavy atom. The van der Waals surface area contributed by atoms with E-state index in [-0.39, 0.29) is 10.8 Å². The molecule has 0 aliphatic carbocycles.